The molecule has 0 heterocycles. The second kappa shape index (κ2) is 9.73. The van der Waals surface area contributed by atoms with E-state index in [1.54, 1.807) is 0 Å². The smallest absolute Gasteiger partial charge is 0.119 e. The predicted octanol–water partition coefficient (Wildman–Crippen LogP) is 9.63. The van der Waals surface area contributed by atoms with Gasteiger partial charge in [0.15, 0.2) is 0 Å². The normalized spacial score (nSPS) is 12.2. The summed E-state index contributed by atoms with van der Waals surface area (Å²) in [6.07, 6.45) is 2.17. The third-order valence-electron chi connectivity index (χ3n) is 6.93. The predicted molar refractivity (Wildman–Crippen MR) is 147 cm³/mol. The SMILES string of the molecule is CCCOc1ccc(-c2c3ccccc3c(-c3ccc(C(C)CC)cc3)c3ccccc23)cc1. The third kappa shape index (κ3) is 4.07. The molecule has 0 aliphatic carbocycles. The van der Waals surface area contributed by atoms with E-state index in [2.05, 4.69) is 118 Å². The molecule has 1 atom stereocenters. The van der Waals surface area contributed by atoms with Crippen LogP contribution in [0.5, 0.6) is 5.75 Å². The minimum absolute atomic E-state index is 0.578. The molecule has 0 fully saturated rings. The van der Waals surface area contributed by atoms with Crippen LogP contribution in [0, 0.1) is 0 Å². The van der Waals surface area contributed by atoms with Crippen LogP contribution in [0.3, 0.4) is 0 Å². The van der Waals surface area contributed by atoms with Crippen molar-refractivity contribution in [2.75, 3.05) is 6.61 Å². The van der Waals surface area contributed by atoms with Gasteiger partial charge in [0.05, 0.1) is 6.61 Å². The maximum Gasteiger partial charge on any atom is 0.119 e. The molecule has 0 aliphatic heterocycles. The molecule has 170 valence electrons. The molecule has 0 radical (unpaired) electrons. The first-order chi connectivity index (χ1) is 16.7. The molecule has 1 unspecified atom stereocenters. The summed E-state index contributed by atoms with van der Waals surface area (Å²) in [5.41, 5.74) is 6.49. The van der Waals surface area contributed by atoms with Crippen molar-refractivity contribution in [2.45, 2.75) is 39.5 Å². The molecule has 34 heavy (non-hydrogen) atoms. The Kier molecular flexibility index (Phi) is 6.36. The van der Waals surface area contributed by atoms with Crippen LogP contribution in [0.2, 0.25) is 0 Å². The van der Waals surface area contributed by atoms with Crippen LogP contribution in [0.1, 0.15) is 45.1 Å². The van der Waals surface area contributed by atoms with Gasteiger partial charge < -0.3 is 4.74 Å². The highest BCUT2D eigenvalue weighted by molar-refractivity contribution is 6.21. The zero-order chi connectivity index (χ0) is 23.5. The highest BCUT2D eigenvalue weighted by atomic mass is 16.5. The lowest BCUT2D eigenvalue weighted by Gasteiger charge is -2.18. The van der Waals surface area contributed by atoms with Gasteiger partial charge in [0, 0.05) is 0 Å². The number of ether oxygens (including phenoxy) is 1. The Hall–Kier alpha value is -3.58. The largest absolute Gasteiger partial charge is 0.494 e. The molecular formula is C33H32O. The van der Waals surface area contributed by atoms with Crippen molar-refractivity contribution in [1.82, 2.24) is 0 Å². The summed E-state index contributed by atoms with van der Waals surface area (Å²) in [5, 5.41) is 5.14. The second-order valence-corrected chi connectivity index (χ2v) is 9.15. The van der Waals surface area contributed by atoms with Crippen LogP contribution in [0.15, 0.2) is 97.1 Å². The monoisotopic (exact) mass is 444 g/mol. The second-order valence-electron chi connectivity index (χ2n) is 9.15. The van der Waals surface area contributed by atoms with Gasteiger partial charge in [-0.3, -0.25) is 0 Å². The van der Waals surface area contributed by atoms with Gasteiger partial charge in [-0.15, -0.1) is 0 Å². The molecule has 0 N–H and O–H groups in total. The van der Waals surface area contributed by atoms with E-state index < -0.39 is 0 Å². The lowest BCUT2D eigenvalue weighted by molar-refractivity contribution is 0.317. The van der Waals surface area contributed by atoms with Gasteiger partial charge in [-0.1, -0.05) is 106 Å². The van der Waals surface area contributed by atoms with Crippen molar-refractivity contribution >= 4 is 21.5 Å². The molecule has 5 aromatic carbocycles. The average Bonchev–Trinajstić information content (AvgIpc) is 2.90. The van der Waals surface area contributed by atoms with Crippen molar-refractivity contribution in [3.63, 3.8) is 0 Å². The van der Waals surface area contributed by atoms with E-state index in [4.69, 9.17) is 4.74 Å². The summed E-state index contributed by atoms with van der Waals surface area (Å²) in [6, 6.07) is 35.4. The van der Waals surface area contributed by atoms with Crippen LogP contribution in [-0.2, 0) is 0 Å². The van der Waals surface area contributed by atoms with Gasteiger partial charge >= 0.3 is 0 Å². The fourth-order valence-corrected chi connectivity index (χ4v) is 4.90. The standard InChI is InChI=1S/C33H32O/c1-4-22-34-27-20-18-26(19-21-27)33-30-12-8-6-10-28(30)32(29-11-7-9-13-31(29)33)25-16-14-24(15-17-25)23(3)5-2/h6-21,23H,4-5,22H2,1-3H3. The fourth-order valence-electron chi connectivity index (χ4n) is 4.90. The fraction of sp³-hybridized carbons (Fsp3) is 0.212. The zero-order valence-electron chi connectivity index (χ0n) is 20.3. The van der Waals surface area contributed by atoms with Crippen molar-refractivity contribution in [1.29, 1.82) is 0 Å². The van der Waals surface area contributed by atoms with E-state index >= 15 is 0 Å². The van der Waals surface area contributed by atoms with Crippen molar-refractivity contribution < 1.29 is 4.74 Å². The summed E-state index contributed by atoms with van der Waals surface area (Å²) < 4.78 is 5.83. The first-order valence-corrected chi connectivity index (χ1v) is 12.5. The Morgan fingerprint density at radius 3 is 1.44 bits per heavy atom. The highest BCUT2D eigenvalue weighted by Gasteiger charge is 2.16. The zero-order valence-corrected chi connectivity index (χ0v) is 20.3. The summed E-state index contributed by atoms with van der Waals surface area (Å²) in [4.78, 5) is 0. The van der Waals surface area contributed by atoms with Gasteiger partial charge in [-0.05, 0) is 80.3 Å². The maximum atomic E-state index is 5.83. The van der Waals surface area contributed by atoms with Crippen molar-refractivity contribution in [2.24, 2.45) is 0 Å². The van der Waals surface area contributed by atoms with Crippen LogP contribution >= 0.6 is 0 Å². The molecule has 0 aliphatic rings. The highest BCUT2D eigenvalue weighted by Crippen LogP contribution is 2.43. The van der Waals surface area contributed by atoms with Gasteiger partial charge in [-0.25, -0.2) is 0 Å². The Morgan fingerprint density at radius 2 is 1.03 bits per heavy atom. The summed E-state index contributed by atoms with van der Waals surface area (Å²) in [5.74, 6) is 1.51. The molecular weight excluding hydrogens is 412 g/mol. The quantitative estimate of drug-likeness (QED) is 0.227. The Balaban J connectivity index is 1.74. The number of benzene rings is 5. The third-order valence-corrected chi connectivity index (χ3v) is 6.93. The molecule has 0 saturated heterocycles. The first kappa shape index (κ1) is 22.2. The Labute approximate surface area is 203 Å². The minimum atomic E-state index is 0.578. The molecule has 5 aromatic rings. The topological polar surface area (TPSA) is 9.23 Å². The van der Waals surface area contributed by atoms with Gasteiger partial charge in [0.1, 0.15) is 5.75 Å². The molecule has 5 rings (SSSR count). The lowest BCUT2D eigenvalue weighted by Crippen LogP contribution is -1.95. The van der Waals surface area contributed by atoms with Crippen LogP contribution < -0.4 is 4.74 Å². The number of fused-ring (bicyclic) bond motifs is 2. The maximum absolute atomic E-state index is 5.83. The Bertz CT molecular complexity index is 1350. The molecule has 0 bridgehead atoms. The van der Waals surface area contributed by atoms with Crippen molar-refractivity contribution in [3.8, 4) is 28.0 Å². The molecule has 1 heteroatoms. The van der Waals surface area contributed by atoms with E-state index in [0.29, 0.717) is 5.92 Å². The molecule has 0 amide bonds. The van der Waals surface area contributed by atoms with E-state index in [0.717, 1.165) is 25.2 Å². The van der Waals surface area contributed by atoms with Crippen LogP contribution in [0.4, 0.5) is 0 Å². The van der Waals surface area contributed by atoms with Crippen LogP contribution in [0.25, 0.3) is 43.8 Å². The molecule has 0 spiro atoms. The molecule has 0 aromatic heterocycles. The summed E-state index contributed by atoms with van der Waals surface area (Å²) in [7, 11) is 0. The van der Waals surface area contributed by atoms with Crippen molar-refractivity contribution in [3.05, 3.63) is 103 Å². The summed E-state index contributed by atoms with van der Waals surface area (Å²) in [6.45, 7) is 7.43. The minimum Gasteiger partial charge on any atom is -0.494 e. The van der Waals surface area contributed by atoms with E-state index in [-0.39, 0.29) is 0 Å². The van der Waals surface area contributed by atoms with E-state index in [1.165, 1.54) is 49.4 Å². The van der Waals surface area contributed by atoms with E-state index in [9.17, 15) is 0 Å². The van der Waals surface area contributed by atoms with Crippen LogP contribution in [-0.4, -0.2) is 6.61 Å². The van der Waals surface area contributed by atoms with Gasteiger partial charge in [0.2, 0.25) is 0 Å². The molecule has 0 saturated carbocycles. The number of rotatable bonds is 7. The van der Waals surface area contributed by atoms with Gasteiger partial charge in [0.25, 0.3) is 0 Å². The average molecular weight is 445 g/mol. The Morgan fingerprint density at radius 1 is 0.588 bits per heavy atom. The van der Waals surface area contributed by atoms with E-state index in [1.807, 2.05) is 0 Å². The molecule has 1 nitrogen and oxygen atoms in total. The first-order valence-electron chi connectivity index (χ1n) is 12.5. The summed E-state index contributed by atoms with van der Waals surface area (Å²) >= 11 is 0. The number of hydrogen-bond acceptors (Lipinski definition) is 1. The number of hydrogen-bond donors (Lipinski definition) is 0. The van der Waals surface area contributed by atoms with Gasteiger partial charge in [-0.2, -0.15) is 0 Å². The lowest BCUT2D eigenvalue weighted by atomic mass is 9.85.